The van der Waals surface area contributed by atoms with Crippen LogP contribution >= 0.6 is 46.6 Å². The van der Waals surface area contributed by atoms with E-state index in [1.54, 1.807) is 42.5 Å². The van der Waals surface area contributed by atoms with E-state index in [0.717, 1.165) is 28.3 Å². The van der Waals surface area contributed by atoms with Crippen LogP contribution in [0.5, 0.6) is 11.5 Å². The van der Waals surface area contributed by atoms with Crippen LogP contribution in [-0.2, 0) is 17.9 Å². The van der Waals surface area contributed by atoms with Crippen LogP contribution in [0.25, 0.3) is 6.08 Å². The van der Waals surface area contributed by atoms with E-state index in [9.17, 15) is 14.0 Å². The monoisotopic (exact) mass is 551 g/mol. The molecule has 5 nitrogen and oxygen atoms in total. The highest BCUT2D eigenvalue weighted by atomic mass is 35.5. The summed E-state index contributed by atoms with van der Waals surface area (Å²) in [7, 11) is 1.50. The summed E-state index contributed by atoms with van der Waals surface area (Å²) >= 11 is 19.0. The van der Waals surface area contributed by atoms with Crippen molar-refractivity contribution in [3.05, 3.63) is 97.1 Å². The van der Waals surface area contributed by atoms with Crippen molar-refractivity contribution in [3.63, 3.8) is 0 Å². The summed E-state index contributed by atoms with van der Waals surface area (Å²) in [5.74, 6) is -0.0293. The number of rotatable bonds is 7. The average molecular weight is 553 g/mol. The van der Waals surface area contributed by atoms with E-state index in [1.807, 2.05) is 0 Å². The van der Waals surface area contributed by atoms with E-state index < -0.39 is 17.0 Å². The second kappa shape index (κ2) is 10.9. The molecule has 1 aliphatic heterocycles. The summed E-state index contributed by atoms with van der Waals surface area (Å²) in [5.41, 5.74) is 1.88. The molecule has 1 saturated heterocycles. The number of carbonyl (C=O) groups excluding carboxylic acids is 2. The number of amides is 2. The number of imide groups is 1. The number of ether oxygens (including phenoxy) is 2. The fourth-order valence-electron chi connectivity index (χ4n) is 3.30. The van der Waals surface area contributed by atoms with Gasteiger partial charge in [0.05, 0.1) is 18.6 Å². The number of benzene rings is 3. The van der Waals surface area contributed by atoms with E-state index in [2.05, 4.69) is 0 Å². The van der Waals surface area contributed by atoms with Crippen LogP contribution in [0.15, 0.2) is 59.5 Å². The van der Waals surface area contributed by atoms with Gasteiger partial charge in [-0.1, -0.05) is 53.0 Å². The molecule has 1 fully saturated rings. The minimum absolute atomic E-state index is 0.0511. The molecule has 3 aromatic carbocycles. The topological polar surface area (TPSA) is 55.8 Å². The molecule has 0 bridgehead atoms. The van der Waals surface area contributed by atoms with Gasteiger partial charge in [0.25, 0.3) is 11.1 Å². The van der Waals surface area contributed by atoms with Gasteiger partial charge in [0.15, 0.2) is 11.5 Å². The van der Waals surface area contributed by atoms with Gasteiger partial charge in [-0.2, -0.15) is 0 Å². The summed E-state index contributed by atoms with van der Waals surface area (Å²) < 4.78 is 24.6. The smallest absolute Gasteiger partial charge is 0.293 e. The summed E-state index contributed by atoms with van der Waals surface area (Å²) in [6, 6.07) is 14.1. The van der Waals surface area contributed by atoms with Crippen molar-refractivity contribution in [1.29, 1.82) is 0 Å². The van der Waals surface area contributed by atoms with Gasteiger partial charge in [-0.3, -0.25) is 14.5 Å². The predicted octanol–water partition coefficient (Wildman–Crippen LogP) is 7.61. The van der Waals surface area contributed by atoms with Crippen molar-refractivity contribution in [2.24, 2.45) is 0 Å². The summed E-state index contributed by atoms with van der Waals surface area (Å²) in [6.07, 6.45) is 1.60. The van der Waals surface area contributed by atoms with Crippen molar-refractivity contribution in [2.45, 2.75) is 13.2 Å². The molecular weight excluding hydrogens is 536 g/mol. The van der Waals surface area contributed by atoms with Crippen LogP contribution in [-0.4, -0.2) is 23.2 Å². The SMILES string of the molecule is COc1cc(/C=C2/SC(=O)N(Cc3ccc(F)cc3Cl)C2=O)ccc1OCc1ccc(Cl)cc1Cl. The van der Waals surface area contributed by atoms with E-state index in [0.29, 0.717) is 32.7 Å². The molecule has 4 rings (SSSR count). The zero-order valence-corrected chi connectivity index (χ0v) is 21.3. The molecule has 0 aromatic heterocycles. The Morgan fingerprint density at radius 2 is 1.69 bits per heavy atom. The lowest BCUT2D eigenvalue weighted by molar-refractivity contribution is -0.123. The van der Waals surface area contributed by atoms with E-state index in [1.165, 1.54) is 19.2 Å². The normalized spacial score (nSPS) is 14.7. The minimum atomic E-state index is -0.495. The third kappa shape index (κ3) is 5.93. The van der Waals surface area contributed by atoms with Crippen LogP contribution in [0, 0.1) is 5.82 Å². The maximum absolute atomic E-state index is 13.3. The van der Waals surface area contributed by atoms with Crippen LogP contribution < -0.4 is 9.47 Å². The highest BCUT2D eigenvalue weighted by molar-refractivity contribution is 8.18. The van der Waals surface area contributed by atoms with Crippen LogP contribution in [0.4, 0.5) is 9.18 Å². The first kappa shape index (κ1) is 25.4. The van der Waals surface area contributed by atoms with Crippen molar-refractivity contribution >= 4 is 63.8 Å². The number of hydrogen-bond donors (Lipinski definition) is 0. The van der Waals surface area contributed by atoms with Gasteiger partial charge >= 0.3 is 0 Å². The Balaban J connectivity index is 1.49. The van der Waals surface area contributed by atoms with Crippen LogP contribution in [0.3, 0.4) is 0 Å². The van der Waals surface area contributed by atoms with Crippen molar-refractivity contribution in [3.8, 4) is 11.5 Å². The van der Waals surface area contributed by atoms with Crippen LogP contribution in [0.2, 0.25) is 15.1 Å². The lowest BCUT2D eigenvalue weighted by Gasteiger charge is -2.13. The number of halogens is 4. The Morgan fingerprint density at radius 1 is 0.943 bits per heavy atom. The summed E-state index contributed by atoms with van der Waals surface area (Å²) in [5, 5.41) is 0.734. The van der Waals surface area contributed by atoms with Crippen molar-refractivity contribution < 1.29 is 23.5 Å². The molecule has 2 amide bonds. The standard InChI is InChI=1S/C25H17Cl3FNO4S/c1-33-22-8-14(2-7-21(22)34-13-16-3-5-17(26)10-19(16)27)9-23-24(31)30(25(32)35-23)12-15-4-6-18(29)11-20(15)28/h2-11H,12-13H2,1H3/b23-9+. The fraction of sp³-hybridized carbons (Fsp3) is 0.120. The molecule has 0 aliphatic carbocycles. The van der Waals surface area contributed by atoms with Gasteiger partial charge in [0.1, 0.15) is 12.4 Å². The third-order valence-electron chi connectivity index (χ3n) is 5.10. The van der Waals surface area contributed by atoms with E-state index in [-0.39, 0.29) is 23.1 Å². The molecule has 0 N–H and O–H groups in total. The lowest BCUT2D eigenvalue weighted by atomic mass is 10.1. The second-order valence-corrected chi connectivity index (χ2v) is 9.68. The maximum Gasteiger partial charge on any atom is 0.293 e. The maximum atomic E-state index is 13.3. The number of nitrogens with zero attached hydrogens (tertiary/aromatic N) is 1. The second-order valence-electron chi connectivity index (χ2n) is 7.44. The summed E-state index contributed by atoms with van der Waals surface area (Å²) in [4.78, 5) is 26.6. The zero-order valence-electron chi connectivity index (χ0n) is 18.2. The van der Waals surface area contributed by atoms with Crippen LogP contribution in [0.1, 0.15) is 16.7 Å². The Hall–Kier alpha value is -2.71. The number of carbonyl (C=O) groups is 2. The van der Waals surface area contributed by atoms with E-state index >= 15 is 0 Å². The third-order valence-corrected chi connectivity index (χ3v) is 6.95. The minimum Gasteiger partial charge on any atom is -0.493 e. The van der Waals surface area contributed by atoms with Gasteiger partial charge in [0.2, 0.25) is 0 Å². The molecule has 3 aromatic rings. The molecule has 10 heteroatoms. The molecule has 1 aliphatic rings. The van der Waals surface area contributed by atoms with Crippen molar-refractivity contribution in [1.82, 2.24) is 4.90 Å². The number of thioether (sulfide) groups is 1. The molecule has 0 saturated carbocycles. The van der Waals surface area contributed by atoms with Gasteiger partial charge in [-0.15, -0.1) is 0 Å². The summed E-state index contributed by atoms with van der Waals surface area (Å²) in [6.45, 7) is 0.154. The zero-order chi connectivity index (χ0) is 25.1. The molecule has 0 radical (unpaired) electrons. The highest BCUT2D eigenvalue weighted by Gasteiger charge is 2.35. The largest absolute Gasteiger partial charge is 0.493 e. The average Bonchev–Trinajstić information content (AvgIpc) is 3.07. The Bertz CT molecular complexity index is 1350. The van der Waals surface area contributed by atoms with Gasteiger partial charge in [0, 0.05) is 20.6 Å². The lowest BCUT2D eigenvalue weighted by Crippen LogP contribution is -2.27. The first-order valence-corrected chi connectivity index (χ1v) is 12.1. The predicted molar refractivity (Wildman–Crippen MR) is 137 cm³/mol. The van der Waals surface area contributed by atoms with Gasteiger partial charge < -0.3 is 9.47 Å². The van der Waals surface area contributed by atoms with Gasteiger partial charge in [-0.05, 0) is 65.4 Å². The van der Waals surface area contributed by atoms with Gasteiger partial charge in [-0.25, -0.2) is 4.39 Å². The molecule has 1 heterocycles. The highest BCUT2D eigenvalue weighted by Crippen LogP contribution is 2.36. The quantitative estimate of drug-likeness (QED) is 0.282. The first-order chi connectivity index (χ1) is 16.7. The molecule has 0 unspecified atom stereocenters. The molecule has 0 spiro atoms. The molecule has 0 atom stereocenters. The number of methoxy groups -OCH3 is 1. The Labute approximate surface area is 220 Å². The first-order valence-electron chi connectivity index (χ1n) is 10.2. The molecule has 35 heavy (non-hydrogen) atoms. The Morgan fingerprint density at radius 3 is 2.40 bits per heavy atom. The molecule has 180 valence electrons. The van der Waals surface area contributed by atoms with E-state index in [4.69, 9.17) is 44.3 Å². The Kier molecular flexibility index (Phi) is 7.91. The number of hydrogen-bond acceptors (Lipinski definition) is 5. The molecular formula is C25H17Cl3FNO4S. The fourth-order valence-corrected chi connectivity index (χ4v) is 4.82. The van der Waals surface area contributed by atoms with Crippen molar-refractivity contribution in [2.75, 3.05) is 7.11 Å².